The summed E-state index contributed by atoms with van der Waals surface area (Å²) in [4.78, 5) is 10.5. The lowest BCUT2D eigenvalue weighted by Crippen LogP contribution is -2.34. The van der Waals surface area contributed by atoms with Crippen molar-refractivity contribution in [1.29, 1.82) is 0 Å². The Kier molecular flexibility index (Phi) is 4.73. The second-order valence-corrected chi connectivity index (χ2v) is 5.68. The molecule has 5 heteroatoms. The van der Waals surface area contributed by atoms with Crippen molar-refractivity contribution in [3.8, 4) is 5.75 Å². The van der Waals surface area contributed by atoms with E-state index in [0.29, 0.717) is 5.82 Å². The highest BCUT2D eigenvalue weighted by atomic mass is 16.5. The monoisotopic (exact) mass is 298 g/mol. The van der Waals surface area contributed by atoms with Gasteiger partial charge in [-0.25, -0.2) is 9.97 Å². The number of anilines is 2. The van der Waals surface area contributed by atoms with Crippen LogP contribution in [-0.4, -0.2) is 29.7 Å². The van der Waals surface area contributed by atoms with E-state index in [1.807, 2.05) is 36.4 Å². The molecule has 22 heavy (non-hydrogen) atoms. The first-order valence-corrected chi connectivity index (χ1v) is 7.81. The third-order valence-electron chi connectivity index (χ3n) is 4.15. The number of ether oxygens (including phenoxy) is 1. The van der Waals surface area contributed by atoms with Crippen molar-refractivity contribution in [2.24, 2.45) is 5.92 Å². The molecule has 2 N–H and O–H groups in total. The zero-order valence-corrected chi connectivity index (χ0v) is 12.7. The molecule has 0 amide bonds. The van der Waals surface area contributed by atoms with E-state index in [1.165, 1.54) is 19.2 Å². The lowest BCUT2D eigenvalue weighted by atomic mass is 9.94. The van der Waals surface area contributed by atoms with Crippen molar-refractivity contribution in [2.45, 2.75) is 19.3 Å². The highest BCUT2D eigenvalue weighted by Crippen LogP contribution is 2.24. The molecule has 1 aromatic carbocycles. The SMILES string of the molecule is Nc1cc(N2CCC(CCOc3ccccc3)CC2)ncn1. The Hall–Kier alpha value is -2.30. The molecule has 0 spiro atoms. The number of aromatic nitrogens is 2. The van der Waals surface area contributed by atoms with Gasteiger partial charge in [0.05, 0.1) is 6.61 Å². The van der Waals surface area contributed by atoms with Gasteiger partial charge < -0.3 is 15.4 Å². The number of hydrogen-bond acceptors (Lipinski definition) is 5. The fourth-order valence-electron chi connectivity index (χ4n) is 2.85. The van der Waals surface area contributed by atoms with Gasteiger partial charge in [-0.2, -0.15) is 0 Å². The molecule has 116 valence electrons. The van der Waals surface area contributed by atoms with Crippen LogP contribution < -0.4 is 15.4 Å². The molecule has 1 aliphatic heterocycles. The predicted octanol–water partition coefficient (Wildman–Crippen LogP) is 2.74. The third kappa shape index (κ3) is 3.87. The maximum atomic E-state index is 5.79. The molecule has 0 aliphatic carbocycles. The minimum Gasteiger partial charge on any atom is -0.494 e. The first-order chi connectivity index (χ1) is 10.8. The van der Waals surface area contributed by atoms with Crippen LogP contribution >= 0.6 is 0 Å². The lowest BCUT2D eigenvalue weighted by molar-refractivity contribution is 0.258. The molecule has 0 saturated carbocycles. The number of hydrogen-bond donors (Lipinski definition) is 1. The van der Waals surface area contributed by atoms with Gasteiger partial charge in [0.2, 0.25) is 0 Å². The summed E-state index contributed by atoms with van der Waals surface area (Å²) in [6.07, 6.45) is 4.98. The van der Waals surface area contributed by atoms with E-state index in [-0.39, 0.29) is 0 Å². The van der Waals surface area contributed by atoms with E-state index in [9.17, 15) is 0 Å². The average molecular weight is 298 g/mol. The van der Waals surface area contributed by atoms with Gasteiger partial charge in [0.1, 0.15) is 23.7 Å². The second-order valence-electron chi connectivity index (χ2n) is 5.68. The number of para-hydroxylation sites is 1. The van der Waals surface area contributed by atoms with E-state index >= 15 is 0 Å². The third-order valence-corrected chi connectivity index (χ3v) is 4.15. The van der Waals surface area contributed by atoms with Crippen LogP contribution in [0, 0.1) is 5.92 Å². The lowest BCUT2D eigenvalue weighted by Gasteiger charge is -2.32. The summed E-state index contributed by atoms with van der Waals surface area (Å²) in [7, 11) is 0. The molecule has 2 heterocycles. The van der Waals surface area contributed by atoms with Crippen LogP contribution in [0.5, 0.6) is 5.75 Å². The van der Waals surface area contributed by atoms with Crippen molar-refractivity contribution < 1.29 is 4.74 Å². The second kappa shape index (κ2) is 7.11. The first-order valence-electron chi connectivity index (χ1n) is 7.81. The van der Waals surface area contributed by atoms with E-state index in [0.717, 1.165) is 43.6 Å². The van der Waals surface area contributed by atoms with Gasteiger partial charge in [0.25, 0.3) is 0 Å². The zero-order valence-electron chi connectivity index (χ0n) is 12.7. The number of piperidine rings is 1. The normalized spacial score (nSPS) is 15.7. The molecule has 3 rings (SSSR count). The summed E-state index contributed by atoms with van der Waals surface area (Å²) in [6.45, 7) is 2.83. The summed E-state index contributed by atoms with van der Waals surface area (Å²) in [6, 6.07) is 11.9. The van der Waals surface area contributed by atoms with Crippen LogP contribution in [-0.2, 0) is 0 Å². The van der Waals surface area contributed by atoms with Gasteiger partial charge >= 0.3 is 0 Å². The Morgan fingerprint density at radius 3 is 2.64 bits per heavy atom. The smallest absolute Gasteiger partial charge is 0.134 e. The Morgan fingerprint density at radius 1 is 1.14 bits per heavy atom. The highest BCUT2D eigenvalue weighted by Gasteiger charge is 2.20. The van der Waals surface area contributed by atoms with Crippen LogP contribution in [0.1, 0.15) is 19.3 Å². The molecule has 0 bridgehead atoms. The molecule has 2 aromatic rings. The van der Waals surface area contributed by atoms with Gasteiger partial charge in [0, 0.05) is 19.2 Å². The van der Waals surface area contributed by atoms with Gasteiger partial charge in [-0.05, 0) is 37.3 Å². The number of nitrogen functional groups attached to an aromatic ring is 1. The fraction of sp³-hybridized carbons (Fsp3) is 0.412. The standard InChI is InChI=1S/C17H22N4O/c18-16-12-17(20-13-19-16)21-9-6-14(7-10-21)8-11-22-15-4-2-1-3-5-15/h1-5,12-14H,6-11H2,(H2,18,19,20). The predicted molar refractivity (Wildman–Crippen MR) is 87.9 cm³/mol. The first kappa shape index (κ1) is 14.6. The summed E-state index contributed by atoms with van der Waals surface area (Å²) in [5.74, 6) is 3.14. The van der Waals surface area contributed by atoms with Crippen LogP contribution in [0.2, 0.25) is 0 Å². The van der Waals surface area contributed by atoms with Gasteiger partial charge in [-0.1, -0.05) is 18.2 Å². The summed E-state index contributed by atoms with van der Waals surface area (Å²) in [5.41, 5.74) is 5.72. The van der Waals surface area contributed by atoms with Crippen molar-refractivity contribution in [2.75, 3.05) is 30.3 Å². The highest BCUT2D eigenvalue weighted by molar-refractivity contribution is 5.46. The molecular formula is C17H22N4O. The molecule has 1 saturated heterocycles. The zero-order chi connectivity index (χ0) is 15.2. The van der Waals surface area contributed by atoms with Crippen molar-refractivity contribution >= 4 is 11.6 Å². The van der Waals surface area contributed by atoms with E-state index in [4.69, 9.17) is 10.5 Å². The summed E-state index contributed by atoms with van der Waals surface area (Å²) >= 11 is 0. The van der Waals surface area contributed by atoms with Gasteiger partial charge in [0.15, 0.2) is 0 Å². The number of benzene rings is 1. The summed E-state index contributed by atoms with van der Waals surface area (Å²) in [5, 5.41) is 0. The Bertz CT molecular complexity index is 582. The Morgan fingerprint density at radius 2 is 1.91 bits per heavy atom. The minimum atomic E-state index is 0.531. The van der Waals surface area contributed by atoms with Gasteiger partial charge in [-0.15, -0.1) is 0 Å². The maximum Gasteiger partial charge on any atom is 0.134 e. The fourth-order valence-corrected chi connectivity index (χ4v) is 2.85. The number of nitrogens with two attached hydrogens (primary N) is 1. The minimum absolute atomic E-state index is 0.531. The number of nitrogens with zero attached hydrogens (tertiary/aromatic N) is 3. The molecule has 0 atom stereocenters. The molecular weight excluding hydrogens is 276 g/mol. The van der Waals surface area contributed by atoms with E-state index in [1.54, 1.807) is 0 Å². The summed E-state index contributed by atoms with van der Waals surface area (Å²) < 4.78 is 5.79. The van der Waals surface area contributed by atoms with E-state index < -0.39 is 0 Å². The van der Waals surface area contributed by atoms with Crippen LogP contribution in [0.15, 0.2) is 42.7 Å². The quantitative estimate of drug-likeness (QED) is 0.919. The van der Waals surface area contributed by atoms with Crippen LogP contribution in [0.25, 0.3) is 0 Å². The van der Waals surface area contributed by atoms with Crippen molar-refractivity contribution in [3.63, 3.8) is 0 Å². The van der Waals surface area contributed by atoms with Crippen molar-refractivity contribution in [3.05, 3.63) is 42.7 Å². The van der Waals surface area contributed by atoms with Gasteiger partial charge in [-0.3, -0.25) is 0 Å². The van der Waals surface area contributed by atoms with Crippen LogP contribution in [0.3, 0.4) is 0 Å². The Labute approximate surface area is 131 Å². The molecule has 1 aliphatic rings. The average Bonchev–Trinajstić information content (AvgIpc) is 2.56. The number of rotatable bonds is 5. The Balaban J connectivity index is 1.42. The largest absolute Gasteiger partial charge is 0.494 e. The molecule has 1 aromatic heterocycles. The molecule has 1 fully saturated rings. The molecule has 0 unspecified atom stereocenters. The van der Waals surface area contributed by atoms with E-state index in [2.05, 4.69) is 14.9 Å². The topological polar surface area (TPSA) is 64.3 Å². The molecule has 0 radical (unpaired) electrons. The van der Waals surface area contributed by atoms with Crippen molar-refractivity contribution in [1.82, 2.24) is 9.97 Å². The maximum absolute atomic E-state index is 5.79. The van der Waals surface area contributed by atoms with Crippen LogP contribution in [0.4, 0.5) is 11.6 Å². The molecule has 5 nitrogen and oxygen atoms in total.